The third kappa shape index (κ3) is 3.39. The third-order valence-electron chi connectivity index (χ3n) is 4.61. The van der Waals surface area contributed by atoms with Crippen LogP contribution in [0.5, 0.6) is 0 Å². The largest absolute Gasteiger partial charge is 0.370 e. The van der Waals surface area contributed by atoms with Crippen LogP contribution in [0.1, 0.15) is 31.1 Å². The molecule has 3 rings (SSSR count). The summed E-state index contributed by atoms with van der Waals surface area (Å²) in [5.41, 5.74) is -0.246. The van der Waals surface area contributed by atoms with Crippen LogP contribution in [0.3, 0.4) is 0 Å². The number of ether oxygens (including phenoxy) is 1. The van der Waals surface area contributed by atoms with Crippen molar-refractivity contribution in [2.24, 2.45) is 0 Å². The van der Waals surface area contributed by atoms with Crippen molar-refractivity contribution in [3.8, 4) is 0 Å². The first-order valence-electron chi connectivity index (χ1n) is 8.28. The van der Waals surface area contributed by atoms with Crippen LogP contribution in [-0.4, -0.2) is 31.4 Å². The lowest BCUT2D eigenvalue weighted by Crippen LogP contribution is -2.56. The van der Waals surface area contributed by atoms with Gasteiger partial charge in [0.15, 0.2) is 0 Å². The lowest BCUT2D eigenvalue weighted by atomic mass is 10.0. The second-order valence-corrected chi connectivity index (χ2v) is 8.94. The molecule has 0 spiro atoms. The van der Waals surface area contributed by atoms with Crippen molar-refractivity contribution in [2.45, 2.75) is 37.3 Å². The Labute approximate surface area is 152 Å². The molecule has 0 radical (unpaired) electrons. The molecule has 0 amide bonds. The molecule has 7 heteroatoms. The van der Waals surface area contributed by atoms with Gasteiger partial charge in [0.05, 0.1) is 23.1 Å². The van der Waals surface area contributed by atoms with Gasteiger partial charge in [-0.05, 0) is 50.6 Å². The maximum atomic E-state index is 14.1. The molecule has 0 N–H and O–H groups in total. The highest BCUT2D eigenvalue weighted by atomic mass is 32.2. The van der Waals surface area contributed by atoms with E-state index in [1.807, 2.05) is 0 Å². The summed E-state index contributed by atoms with van der Waals surface area (Å²) in [6.45, 7) is 5.11. The maximum absolute atomic E-state index is 14.1. The Morgan fingerprint density at radius 2 is 1.81 bits per heavy atom. The maximum Gasteiger partial charge on any atom is 0.243 e. The molecule has 140 valence electrons. The van der Waals surface area contributed by atoms with E-state index in [0.29, 0.717) is 5.56 Å². The Balaban J connectivity index is 2.00. The van der Waals surface area contributed by atoms with Gasteiger partial charge < -0.3 is 4.74 Å². The molecule has 1 saturated heterocycles. The highest BCUT2D eigenvalue weighted by Crippen LogP contribution is 2.35. The van der Waals surface area contributed by atoms with Gasteiger partial charge in [-0.3, -0.25) is 0 Å². The summed E-state index contributed by atoms with van der Waals surface area (Å²) in [4.78, 5) is 0.0126. The first-order chi connectivity index (χ1) is 12.1. The van der Waals surface area contributed by atoms with E-state index in [1.165, 1.54) is 29.4 Å². The lowest BCUT2D eigenvalue weighted by molar-refractivity contribution is -0.0667. The smallest absolute Gasteiger partial charge is 0.243 e. The zero-order chi connectivity index (χ0) is 19.1. The van der Waals surface area contributed by atoms with E-state index in [-0.39, 0.29) is 23.6 Å². The molecule has 1 atom stereocenters. The molecule has 1 fully saturated rings. The minimum atomic E-state index is -3.90. The quantitative estimate of drug-likeness (QED) is 0.812. The summed E-state index contributed by atoms with van der Waals surface area (Å²) in [5.74, 6) is -0.901. The second kappa shape index (κ2) is 6.72. The van der Waals surface area contributed by atoms with Crippen LogP contribution in [0, 0.1) is 18.6 Å². The Bertz CT molecular complexity index is 928. The molecule has 1 aliphatic rings. The first-order valence-corrected chi connectivity index (χ1v) is 9.72. The Morgan fingerprint density at radius 1 is 1.12 bits per heavy atom. The van der Waals surface area contributed by atoms with Gasteiger partial charge in [-0.25, -0.2) is 17.2 Å². The third-order valence-corrected chi connectivity index (χ3v) is 6.69. The van der Waals surface area contributed by atoms with E-state index in [0.717, 1.165) is 6.07 Å². The molecule has 0 aromatic heterocycles. The van der Waals surface area contributed by atoms with E-state index in [2.05, 4.69) is 0 Å². The fourth-order valence-corrected chi connectivity index (χ4v) is 4.93. The first kappa shape index (κ1) is 18.9. The van der Waals surface area contributed by atoms with Gasteiger partial charge in [0.1, 0.15) is 11.6 Å². The lowest BCUT2D eigenvalue weighted by Gasteiger charge is -2.44. The molecule has 26 heavy (non-hydrogen) atoms. The van der Waals surface area contributed by atoms with Gasteiger partial charge in [-0.15, -0.1) is 0 Å². The number of halogens is 2. The van der Waals surface area contributed by atoms with E-state index in [9.17, 15) is 17.2 Å². The number of hydrogen-bond acceptors (Lipinski definition) is 3. The number of aryl methyl sites for hydroxylation is 1. The normalized spacial score (nSPS) is 20.9. The minimum absolute atomic E-state index is 0.0126. The number of rotatable bonds is 3. The number of morpholine rings is 1. The molecule has 4 nitrogen and oxygen atoms in total. The SMILES string of the molecule is Cc1cc(S(=O)(=O)N2CC(c3ccccc3F)OCC2(C)C)ccc1F. The summed E-state index contributed by atoms with van der Waals surface area (Å²) in [6.07, 6.45) is -0.708. The van der Waals surface area contributed by atoms with Crippen LogP contribution in [0.2, 0.25) is 0 Å². The van der Waals surface area contributed by atoms with Gasteiger partial charge in [0.25, 0.3) is 0 Å². The molecule has 1 aliphatic heterocycles. The van der Waals surface area contributed by atoms with Gasteiger partial charge in [-0.1, -0.05) is 18.2 Å². The van der Waals surface area contributed by atoms with Crippen LogP contribution in [-0.2, 0) is 14.8 Å². The van der Waals surface area contributed by atoms with Gasteiger partial charge in [0, 0.05) is 12.1 Å². The summed E-state index contributed by atoms with van der Waals surface area (Å²) >= 11 is 0. The molecule has 0 aliphatic carbocycles. The highest BCUT2D eigenvalue weighted by Gasteiger charge is 2.43. The van der Waals surface area contributed by atoms with E-state index in [4.69, 9.17) is 4.74 Å². The van der Waals surface area contributed by atoms with Gasteiger partial charge in [-0.2, -0.15) is 4.31 Å². The summed E-state index contributed by atoms with van der Waals surface area (Å²) in [5, 5.41) is 0. The summed E-state index contributed by atoms with van der Waals surface area (Å²) < 4.78 is 61.1. The monoisotopic (exact) mass is 381 g/mol. The van der Waals surface area contributed by atoms with Crippen molar-refractivity contribution < 1.29 is 21.9 Å². The van der Waals surface area contributed by atoms with Crippen LogP contribution in [0.15, 0.2) is 47.4 Å². The van der Waals surface area contributed by atoms with Gasteiger partial charge >= 0.3 is 0 Å². The fourth-order valence-electron chi connectivity index (χ4n) is 3.08. The Morgan fingerprint density at radius 3 is 2.46 bits per heavy atom. The van der Waals surface area contributed by atoms with Crippen molar-refractivity contribution in [1.29, 1.82) is 0 Å². The van der Waals surface area contributed by atoms with Crippen molar-refractivity contribution >= 4 is 10.0 Å². The molecule has 2 aromatic carbocycles. The van der Waals surface area contributed by atoms with Crippen LogP contribution >= 0.6 is 0 Å². The molecule has 0 saturated carbocycles. The second-order valence-electron chi connectivity index (χ2n) is 7.08. The number of sulfonamides is 1. The average Bonchev–Trinajstić information content (AvgIpc) is 2.57. The molecular formula is C19H21F2NO3S. The van der Waals surface area contributed by atoms with Crippen molar-refractivity contribution in [3.63, 3.8) is 0 Å². The summed E-state index contributed by atoms with van der Waals surface area (Å²) in [6, 6.07) is 9.87. The van der Waals surface area contributed by atoms with Crippen LogP contribution < -0.4 is 0 Å². The van der Waals surface area contributed by atoms with Crippen LogP contribution in [0.4, 0.5) is 8.78 Å². The van der Waals surface area contributed by atoms with Crippen molar-refractivity contribution in [2.75, 3.05) is 13.2 Å². The zero-order valence-corrected chi connectivity index (χ0v) is 15.7. The summed E-state index contributed by atoms with van der Waals surface area (Å²) in [7, 11) is -3.90. The Kier molecular flexibility index (Phi) is 4.90. The molecule has 2 aromatic rings. The van der Waals surface area contributed by atoms with Gasteiger partial charge in [0.2, 0.25) is 10.0 Å². The molecule has 1 heterocycles. The van der Waals surface area contributed by atoms with Crippen molar-refractivity contribution in [3.05, 3.63) is 65.2 Å². The van der Waals surface area contributed by atoms with E-state index < -0.39 is 33.3 Å². The van der Waals surface area contributed by atoms with E-state index in [1.54, 1.807) is 32.0 Å². The zero-order valence-electron chi connectivity index (χ0n) is 14.9. The molecular weight excluding hydrogens is 360 g/mol. The average molecular weight is 381 g/mol. The highest BCUT2D eigenvalue weighted by molar-refractivity contribution is 7.89. The standard InChI is InChI=1S/C19H21F2NO3S/c1-13-10-14(8-9-16(13)20)26(23,24)22-11-18(25-12-19(22,2)3)15-6-4-5-7-17(15)21/h4-10,18H,11-12H2,1-3H3. The number of hydrogen-bond donors (Lipinski definition) is 0. The predicted molar refractivity (Wildman–Crippen MR) is 94.2 cm³/mol. The Hall–Kier alpha value is -1.83. The van der Waals surface area contributed by atoms with Crippen LogP contribution in [0.25, 0.3) is 0 Å². The van der Waals surface area contributed by atoms with Crippen molar-refractivity contribution in [1.82, 2.24) is 4.31 Å². The minimum Gasteiger partial charge on any atom is -0.370 e. The predicted octanol–water partition coefficient (Wildman–Crippen LogP) is 3.81. The fraction of sp³-hybridized carbons (Fsp3) is 0.368. The topological polar surface area (TPSA) is 46.6 Å². The van der Waals surface area contributed by atoms with E-state index >= 15 is 0 Å². The molecule has 0 bridgehead atoms. The molecule has 1 unspecified atom stereocenters. The number of benzene rings is 2. The number of nitrogens with zero attached hydrogens (tertiary/aromatic N) is 1.